The minimum atomic E-state index is -0.761. The first kappa shape index (κ1) is 14.0. The Morgan fingerprint density at radius 1 is 1.42 bits per heavy atom. The van der Waals surface area contributed by atoms with Gasteiger partial charge in [0.05, 0.1) is 5.56 Å². The van der Waals surface area contributed by atoms with E-state index in [1.807, 2.05) is 6.07 Å². The number of hydrogen-bond donors (Lipinski definition) is 1. The van der Waals surface area contributed by atoms with Crippen LogP contribution in [0.4, 0.5) is 5.82 Å². The van der Waals surface area contributed by atoms with E-state index in [0.717, 1.165) is 18.8 Å². The number of aromatic nitrogens is 1. The number of carbonyl (C=O) groups excluding carboxylic acids is 1. The van der Waals surface area contributed by atoms with Crippen LogP contribution in [-0.2, 0) is 10.8 Å². The van der Waals surface area contributed by atoms with Gasteiger partial charge in [-0.3, -0.25) is 9.00 Å². The summed E-state index contributed by atoms with van der Waals surface area (Å²) in [5.41, 5.74) is 0.592. The van der Waals surface area contributed by atoms with Crippen LogP contribution in [0.5, 0.6) is 0 Å². The van der Waals surface area contributed by atoms with E-state index in [0.29, 0.717) is 30.2 Å². The highest BCUT2D eigenvalue weighted by atomic mass is 32.2. The number of anilines is 1. The Labute approximate surface area is 115 Å². The summed E-state index contributed by atoms with van der Waals surface area (Å²) in [6.45, 7) is 4.10. The maximum atomic E-state index is 12.2. The number of rotatable bonds is 4. The van der Waals surface area contributed by atoms with Crippen molar-refractivity contribution in [3.05, 3.63) is 23.9 Å². The lowest BCUT2D eigenvalue weighted by molar-refractivity contribution is 0.0771. The zero-order valence-corrected chi connectivity index (χ0v) is 11.9. The molecule has 0 atom stereocenters. The molecule has 0 saturated carbocycles. The first-order valence-electron chi connectivity index (χ1n) is 6.55. The molecule has 1 fully saturated rings. The van der Waals surface area contributed by atoms with Gasteiger partial charge in [-0.15, -0.1) is 0 Å². The predicted molar refractivity (Wildman–Crippen MR) is 76.8 cm³/mol. The molecule has 2 heterocycles. The molecule has 1 aromatic rings. The van der Waals surface area contributed by atoms with Crippen molar-refractivity contribution >= 4 is 22.5 Å². The highest BCUT2D eigenvalue weighted by molar-refractivity contribution is 7.85. The number of pyridine rings is 1. The van der Waals surface area contributed by atoms with Gasteiger partial charge in [-0.1, -0.05) is 6.92 Å². The van der Waals surface area contributed by atoms with Gasteiger partial charge in [-0.25, -0.2) is 4.98 Å². The summed E-state index contributed by atoms with van der Waals surface area (Å²) in [5.74, 6) is 1.93. The van der Waals surface area contributed by atoms with Crippen molar-refractivity contribution in [3.63, 3.8) is 0 Å². The summed E-state index contributed by atoms with van der Waals surface area (Å²) in [5, 5.41) is 3.17. The lowest BCUT2D eigenvalue weighted by Gasteiger charge is -2.26. The van der Waals surface area contributed by atoms with Gasteiger partial charge in [0, 0.05) is 48.1 Å². The number of nitrogens with one attached hydrogen (secondary N) is 1. The van der Waals surface area contributed by atoms with Gasteiger partial charge in [0.2, 0.25) is 0 Å². The van der Waals surface area contributed by atoms with E-state index in [2.05, 4.69) is 17.2 Å². The van der Waals surface area contributed by atoms with Crippen LogP contribution in [0.25, 0.3) is 0 Å². The van der Waals surface area contributed by atoms with E-state index < -0.39 is 10.8 Å². The SMILES string of the molecule is CCCNc1ccc(C(=O)N2CCS(=O)CC2)cn1. The largest absolute Gasteiger partial charge is 0.370 e. The Balaban J connectivity index is 1.97. The topological polar surface area (TPSA) is 62.3 Å². The molecule has 1 N–H and O–H groups in total. The molecule has 19 heavy (non-hydrogen) atoms. The minimum absolute atomic E-state index is 0.0220. The Hall–Kier alpha value is -1.43. The fourth-order valence-corrected chi connectivity index (χ4v) is 2.95. The maximum Gasteiger partial charge on any atom is 0.255 e. The second-order valence-corrected chi connectivity index (χ2v) is 6.20. The van der Waals surface area contributed by atoms with E-state index in [-0.39, 0.29) is 5.91 Å². The van der Waals surface area contributed by atoms with Crippen molar-refractivity contribution in [1.82, 2.24) is 9.88 Å². The second kappa shape index (κ2) is 6.65. The van der Waals surface area contributed by atoms with E-state index >= 15 is 0 Å². The summed E-state index contributed by atoms with van der Waals surface area (Å²) in [7, 11) is -0.761. The summed E-state index contributed by atoms with van der Waals surface area (Å²) in [6, 6.07) is 3.61. The van der Waals surface area contributed by atoms with Crippen LogP contribution < -0.4 is 5.32 Å². The Morgan fingerprint density at radius 2 is 2.16 bits per heavy atom. The monoisotopic (exact) mass is 281 g/mol. The number of hydrogen-bond acceptors (Lipinski definition) is 4. The molecule has 6 heteroatoms. The zero-order valence-electron chi connectivity index (χ0n) is 11.1. The first-order chi connectivity index (χ1) is 9.20. The van der Waals surface area contributed by atoms with Crippen LogP contribution in [0.1, 0.15) is 23.7 Å². The minimum Gasteiger partial charge on any atom is -0.370 e. The third kappa shape index (κ3) is 3.76. The molecule has 0 radical (unpaired) electrons. The molecule has 1 aliphatic heterocycles. The summed E-state index contributed by atoms with van der Waals surface area (Å²) >= 11 is 0. The van der Waals surface area contributed by atoms with Gasteiger partial charge >= 0.3 is 0 Å². The Kier molecular flexibility index (Phi) is 4.90. The third-order valence-corrected chi connectivity index (χ3v) is 4.31. The molecule has 2 rings (SSSR count). The Bertz CT molecular complexity index is 451. The number of carbonyl (C=O) groups is 1. The van der Waals surface area contributed by atoms with Gasteiger partial charge in [-0.05, 0) is 18.6 Å². The Morgan fingerprint density at radius 3 is 2.74 bits per heavy atom. The zero-order chi connectivity index (χ0) is 13.7. The molecular weight excluding hydrogens is 262 g/mol. The second-order valence-electron chi connectivity index (χ2n) is 4.50. The van der Waals surface area contributed by atoms with Crippen molar-refractivity contribution in [3.8, 4) is 0 Å². The average Bonchev–Trinajstić information content (AvgIpc) is 2.46. The van der Waals surface area contributed by atoms with E-state index in [1.165, 1.54) is 0 Å². The average molecular weight is 281 g/mol. The molecule has 1 amide bonds. The van der Waals surface area contributed by atoms with Crippen LogP contribution in [-0.4, -0.2) is 51.1 Å². The molecule has 0 aromatic carbocycles. The maximum absolute atomic E-state index is 12.2. The standard InChI is InChI=1S/C13H19N3O2S/c1-2-5-14-12-4-3-11(10-15-12)13(17)16-6-8-19(18)9-7-16/h3-4,10H,2,5-9H2,1H3,(H,14,15). The van der Waals surface area contributed by atoms with Crippen LogP contribution >= 0.6 is 0 Å². The summed E-state index contributed by atoms with van der Waals surface area (Å²) < 4.78 is 11.3. The van der Waals surface area contributed by atoms with Crippen LogP contribution in [0.2, 0.25) is 0 Å². The van der Waals surface area contributed by atoms with Gasteiger partial charge in [0.15, 0.2) is 0 Å². The van der Waals surface area contributed by atoms with Crippen LogP contribution in [0, 0.1) is 0 Å². The quantitative estimate of drug-likeness (QED) is 0.898. The van der Waals surface area contributed by atoms with E-state index in [1.54, 1.807) is 17.2 Å². The third-order valence-electron chi connectivity index (χ3n) is 3.03. The molecule has 1 aromatic heterocycles. The van der Waals surface area contributed by atoms with Gasteiger partial charge < -0.3 is 10.2 Å². The molecule has 104 valence electrons. The van der Waals surface area contributed by atoms with Gasteiger partial charge in [0.1, 0.15) is 5.82 Å². The van der Waals surface area contributed by atoms with Gasteiger partial charge in [0.25, 0.3) is 5.91 Å². The summed E-state index contributed by atoms with van der Waals surface area (Å²) in [6.07, 6.45) is 2.64. The van der Waals surface area contributed by atoms with Crippen LogP contribution in [0.3, 0.4) is 0 Å². The van der Waals surface area contributed by atoms with E-state index in [4.69, 9.17) is 0 Å². The van der Waals surface area contributed by atoms with Crippen molar-refractivity contribution in [1.29, 1.82) is 0 Å². The fraction of sp³-hybridized carbons (Fsp3) is 0.538. The van der Waals surface area contributed by atoms with Crippen molar-refractivity contribution in [2.45, 2.75) is 13.3 Å². The summed E-state index contributed by atoms with van der Waals surface area (Å²) in [4.78, 5) is 18.2. The van der Waals surface area contributed by atoms with E-state index in [9.17, 15) is 9.00 Å². The molecule has 0 unspecified atom stereocenters. The van der Waals surface area contributed by atoms with Crippen molar-refractivity contribution in [2.75, 3.05) is 36.5 Å². The lowest BCUT2D eigenvalue weighted by Crippen LogP contribution is -2.41. The molecule has 1 aliphatic rings. The smallest absolute Gasteiger partial charge is 0.255 e. The highest BCUT2D eigenvalue weighted by Gasteiger charge is 2.21. The molecule has 1 saturated heterocycles. The lowest BCUT2D eigenvalue weighted by atomic mass is 10.2. The molecule has 0 spiro atoms. The molecule has 0 bridgehead atoms. The number of amides is 1. The predicted octanol–water partition coefficient (Wildman–Crippen LogP) is 1.11. The van der Waals surface area contributed by atoms with Crippen molar-refractivity contribution < 1.29 is 9.00 Å². The molecule has 5 nitrogen and oxygen atoms in total. The van der Waals surface area contributed by atoms with Gasteiger partial charge in [-0.2, -0.15) is 0 Å². The number of nitrogens with zero attached hydrogens (tertiary/aromatic N) is 2. The fourth-order valence-electron chi connectivity index (χ4n) is 1.90. The molecule has 0 aliphatic carbocycles. The first-order valence-corrected chi connectivity index (χ1v) is 8.03. The normalized spacial score (nSPS) is 16.4. The highest BCUT2D eigenvalue weighted by Crippen LogP contribution is 2.10. The van der Waals surface area contributed by atoms with Crippen LogP contribution in [0.15, 0.2) is 18.3 Å². The van der Waals surface area contributed by atoms with Crippen molar-refractivity contribution in [2.24, 2.45) is 0 Å². The molecular formula is C13H19N3O2S.